The van der Waals surface area contributed by atoms with Crippen molar-refractivity contribution in [2.24, 2.45) is 0 Å². The van der Waals surface area contributed by atoms with E-state index in [1.165, 1.54) is 6.07 Å². The van der Waals surface area contributed by atoms with Gasteiger partial charge in [-0.25, -0.2) is 14.6 Å². The lowest BCUT2D eigenvalue weighted by atomic mass is 10.2. The molecule has 0 atom stereocenters. The molecule has 0 aromatic carbocycles. The SMILES string of the molecule is CC(C)n1ncc2cc(C(=O)N3CCN(c4ccc(C(F)(F)F)cn4)CC3)cnc21. The summed E-state index contributed by atoms with van der Waals surface area (Å²) in [5.41, 5.74) is 0.454. The van der Waals surface area contributed by atoms with Crippen molar-refractivity contribution in [3.63, 3.8) is 0 Å². The van der Waals surface area contributed by atoms with Gasteiger partial charge in [0.1, 0.15) is 5.82 Å². The molecular formula is C20H21F3N6O. The molecule has 1 fully saturated rings. The number of amides is 1. The number of hydrogen-bond acceptors (Lipinski definition) is 5. The second-order valence-electron chi connectivity index (χ2n) is 7.50. The van der Waals surface area contributed by atoms with Crippen molar-refractivity contribution in [3.8, 4) is 0 Å². The van der Waals surface area contributed by atoms with Crippen molar-refractivity contribution in [2.75, 3.05) is 31.1 Å². The van der Waals surface area contributed by atoms with E-state index in [4.69, 9.17) is 0 Å². The van der Waals surface area contributed by atoms with Crippen LogP contribution in [-0.4, -0.2) is 56.7 Å². The van der Waals surface area contributed by atoms with Gasteiger partial charge in [0.15, 0.2) is 5.65 Å². The monoisotopic (exact) mass is 418 g/mol. The van der Waals surface area contributed by atoms with E-state index in [-0.39, 0.29) is 11.9 Å². The Morgan fingerprint density at radius 3 is 2.37 bits per heavy atom. The van der Waals surface area contributed by atoms with Gasteiger partial charge in [-0.15, -0.1) is 0 Å². The molecule has 1 saturated heterocycles. The van der Waals surface area contributed by atoms with E-state index >= 15 is 0 Å². The highest BCUT2D eigenvalue weighted by Gasteiger charge is 2.31. The normalized spacial score (nSPS) is 15.3. The number of halogens is 3. The van der Waals surface area contributed by atoms with Crippen LogP contribution in [0.2, 0.25) is 0 Å². The summed E-state index contributed by atoms with van der Waals surface area (Å²) >= 11 is 0. The van der Waals surface area contributed by atoms with Gasteiger partial charge in [0, 0.05) is 50.0 Å². The zero-order valence-electron chi connectivity index (χ0n) is 16.6. The van der Waals surface area contributed by atoms with Gasteiger partial charge in [0.2, 0.25) is 0 Å². The lowest BCUT2D eigenvalue weighted by Crippen LogP contribution is -2.49. The molecule has 158 valence electrons. The number of anilines is 1. The largest absolute Gasteiger partial charge is 0.417 e. The average Bonchev–Trinajstić information content (AvgIpc) is 3.16. The molecule has 0 spiro atoms. The van der Waals surface area contributed by atoms with E-state index in [1.54, 1.807) is 28.0 Å². The first-order valence-electron chi connectivity index (χ1n) is 9.65. The van der Waals surface area contributed by atoms with Gasteiger partial charge in [-0.05, 0) is 32.0 Å². The molecule has 30 heavy (non-hydrogen) atoms. The lowest BCUT2D eigenvalue weighted by Gasteiger charge is -2.35. The molecule has 4 heterocycles. The third-order valence-electron chi connectivity index (χ3n) is 5.14. The third-order valence-corrected chi connectivity index (χ3v) is 5.14. The Morgan fingerprint density at radius 1 is 1.03 bits per heavy atom. The fourth-order valence-corrected chi connectivity index (χ4v) is 3.50. The number of rotatable bonds is 3. The van der Waals surface area contributed by atoms with Gasteiger partial charge in [0.05, 0.1) is 17.3 Å². The Labute approximate surface area is 171 Å². The lowest BCUT2D eigenvalue weighted by molar-refractivity contribution is -0.137. The van der Waals surface area contributed by atoms with Gasteiger partial charge in [-0.3, -0.25) is 4.79 Å². The predicted octanol–water partition coefficient (Wildman–Crippen LogP) is 3.39. The summed E-state index contributed by atoms with van der Waals surface area (Å²) in [7, 11) is 0. The molecule has 7 nitrogen and oxygen atoms in total. The topological polar surface area (TPSA) is 67.2 Å². The van der Waals surface area contributed by atoms with E-state index in [9.17, 15) is 18.0 Å². The van der Waals surface area contributed by atoms with Gasteiger partial charge < -0.3 is 9.80 Å². The Morgan fingerprint density at radius 2 is 1.77 bits per heavy atom. The van der Waals surface area contributed by atoms with Crippen LogP contribution in [0.25, 0.3) is 11.0 Å². The number of carbonyl (C=O) groups excluding carboxylic acids is 1. The molecule has 0 radical (unpaired) electrons. The van der Waals surface area contributed by atoms with Crippen LogP contribution in [0.15, 0.2) is 36.8 Å². The molecule has 0 aliphatic carbocycles. The second-order valence-corrected chi connectivity index (χ2v) is 7.50. The predicted molar refractivity (Wildman–Crippen MR) is 105 cm³/mol. The van der Waals surface area contributed by atoms with E-state index in [2.05, 4.69) is 15.1 Å². The zero-order chi connectivity index (χ0) is 21.5. The van der Waals surface area contributed by atoms with Crippen LogP contribution in [-0.2, 0) is 6.18 Å². The first-order valence-corrected chi connectivity index (χ1v) is 9.65. The zero-order valence-corrected chi connectivity index (χ0v) is 16.6. The molecule has 3 aromatic rings. The fourth-order valence-electron chi connectivity index (χ4n) is 3.50. The highest BCUT2D eigenvalue weighted by Crippen LogP contribution is 2.29. The van der Waals surface area contributed by atoms with Crippen LogP contribution in [0.4, 0.5) is 19.0 Å². The van der Waals surface area contributed by atoms with Crippen molar-refractivity contribution in [1.82, 2.24) is 24.6 Å². The minimum absolute atomic E-state index is 0.123. The number of fused-ring (bicyclic) bond motifs is 1. The summed E-state index contributed by atoms with van der Waals surface area (Å²) in [6.45, 7) is 5.90. The van der Waals surface area contributed by atoms with Crippen LogP contribution in [0.3, 0.4) is 0 Å². The fraction of sp³-hybridized carbons (Fsp3) is 0.400. The first-order chi connectivity index (χ1) is 14.2. The highest BCUT2D eigenvalue weighted by atomic mass is 19.4. The summed E-state index contributed by atoms with van der Waals surface area (Å²) in [5, 5.41) is 5.13. The molecular weight excluding hydrogens is 397 g/mol. The second kappa shape index (κ2) is 7.58. The molecule has 1 aliphatic heterocycles. The smallest absolute Gasteiger partial charge is 0.353 e. The van der Waals surface area contributed by atoms with Crippen molar-refractivity contribution in [1.29, 1.82) is 0 Å². The number of pyridine rings is 2. The molecule has 1 amide bonds. The Balaban J connectivity index is 1.42. The van der Waals surface area contributed by atoms with Gasteiger partial charge in [-0.1, -0.05) is 0 Å². The standard InChI is InChI=1S/C20H21F3N6O/c1-13(2)29-18-14(11-26-29)9-15(10-25-18)19(30)28-7-5-27(6-8-28)17-4-3-16(12-24-17)20(21,22)23/h3-4,9-13H,5-8H2,1-2H3. The summed E-state index contributed by atoms with van der Waals surface area (Å²) in [4.78, 5) is 24.8. The number of hydrogen-bond donors (Lipinski definition) is 0. The molecule has 3 aromatic heterocycles. The van der Waals surface area contributed by atoms with Gasteiger partial charge in [-0.2, -0.15) is 18.3 Å². The van der Waals surface area contributed by atoms with E-state index in [0.717, 1.165) is 23.3 Å². The van der Waals surface area contributed by atoms with Crippen LogP contribution in [0, 0.1) is 0 Å². The maximum absolute atomic E-state index is 12.9. The Hall–Kier alpha value is -3.17. The number of piperazine rings is 1. The van der Waals surface area contributed by atoms with Crippen LogP contribution >= 0.6 is 0 Å². The van der Waals surface area contributed by atoms with Crippen molar-refractivity contribution >= 4 is 22.8 Å². The van der Waals surface area contributed by atoms with E-state index in [0.29, 0.717) is 37.6 Å². The first kappa shape index (κ1) is 20.1. The minimum Gasteiger partial charge on any atom is -0.353 e. The van der Waals surface area contributed by atoms with Crippen molar-refractivity contribution in [2.45, 2.75) is 26.1 Å². The quantitative estimate of drug-likeness (QED) is 0.652. The molecule has 0 N–H and O–H groups in total. The number of carbonyl (C=O) groups is 1. The molecule has 0 saturated carbocycles. The summed E-state index contributed by atoms with van der Waals surface area (Å²) in [6, 6.07) is 4.35. The van der Waals surface area contributed by atoms with Crippen LogP contribution in [0.1, 0.15) is 35.8 Å². The minimum atomic E-state index is -4.41. The Bertz CT molecular complexity index is 1050. The van der Waals surface area contributed by atoms with Crippen LogP contribution < -0.4 is 4.90 Å². The molecule has 0 bridgehead atoms. The highest BCUT2D eigenvalue weighted by molar-refractivity contribution is 5.97. The van der Waals surface area contributed by atoms with Gasteiger partial charge in [0.25, 0.3) is 5.91 Å². The molecule has 10 heteroatoms. The van der Waals surface area contributed by atoms with Gasteiger partial charge >= 0.3 is 6.18 Å². The molecule has 4 rings (SSSR count). The van der Waals surface area contributed by atoms with Crippen molar-refractivity contribution < 1.29 is 18.0 Å². The van der Waals surface area contributed by atoms with E-state index in [1.807, 2.05) is 18.7 Å². The summed E-state index contributed by atoms with van der Waals surface area (Å²) < 4.78 is 39.9. The number of alkyl halides is 3. The summed E-state index contributed by atoms with van der Waals surface area (Å²) in [6.07, 6.45) is -0.301. The summed E-state index contributed by atoms with van der Waals surface area (Å²) in [5.74, 6) is 0.348. The van der Waals surface area contributed by atoms with E-state index < -0.39 is 11.7 Å². The van der Waals surface area contributed by atoms with Crippen LogP contribution in [0.5, 0.6) is 0 Å². The third kappa shape index (κ3) is 3.81. The Kier molecular flexibility index (Phi) is 5.08. The molecule has 1 aliphatic rings. The number of aromatic nitrogens is 4. The molecule has 0 unspecified atom stereocenters. The van der Waals surface area contributed by atoms with Crippen molar-refractivity contribution in [3.05, 3.63) is 47.9 Å². The number of nitrogens with zero attached hydrogens (tertiary/aromatic N) is 6. The maximum Gasteiger partial charge on any atom is 0.417 e. The maximum atomic E-state index is 12.9. The average molecular weight is 418 g/mol.